The molecule has 0 saturated heterocycles. The standard InChI is InChI=1S/C53H37N3/c1-6-18-40(19-7-1)49-50(41-20-8-2-9-21-41)52(43-24-12-4-13-25-43)56(51(49)42-22-10-3-11-23-42)46-36-34-39(35-37-46)38-30-32-44(33-31-38)53-54-47-28-16-17-29-48(47)55(53)45-26-14-5-15-27-45/h1-37H. The lowest BCUT2D eigenvalue weighted by molar-refractivity contribution is 1.10. The van der Waals surface area contributed by atoms with E-state index in [4.69, 9.17) is 4.98 Å². The zero-order valence-corrected chi connectivity index (χ0v) is 30.7. The smallest absolute Gasteiger partial charge is 0.145 e. The third-order valence-corrected chi connectivity index (χ3v) is 10.6. The van der Waals surface area contributed by atoms with Gasteiger partial charge >= 0.3 is 0 Å². The molecule has 0 bridgehead atoms. The lowest BCUT2D eigenvalue weighted by Crippen LogP contribution is -2.00. The van der Waals surface area contributed by atoms with Gasteiger partial charge in [0.1, 0.15) is 5.82 Å². The maximum atomic E-state index is 5.09. The Morgan fingerprint density at radius 3 is 1.14 bits per heavy atom. The number of para-hydroxylation sites is 3. The third kappa shape index (κ3) is 5.92. The Balaban J connectivity index is 1.13. The molecule has 0 spiro atoms. The number of benzene rings is 8. The summed E-state index contributed by atoms with van der Waals surface area (Å²) in [6.45, 7) is 0. The first-order valence-electron chi connectivity index (χ1n) is 19.1. The average Bonchev–Trinajstić information content (AvgIpc) is 3.86. The summed E-state index contributed by atoms with van der Waals surface area (Å²) >= 11 is 0. The predicted octanol–water partition coefficient (Wildman–Crippen LogP) is 13.8. The van der Waals surface area contributed by atoms with E-state index in [0.717, 1.165) is 67.4 Å². The van der Waals surface area contributed by atoms with E-state index < -0.39 is 0 Å². The van der Waals surface area contributed by atoms with Gasteiger partial charge in [-0.25, -0.2) is 4.98 Å². The van der Waals surface area contributed by atoms with E-state index in [1.54, 1.807) is 0 Å². The quantitative estimate of drug-likeness (QED) is 0.154. The van der Waals surface area contributed by atoms with Crippen LogP contribution in [0.3, 0.4) is 0 Å². The lowest BCUT2D eigenvalue weighted by atomic mass is 9.91. The first-order chi connectivity index (χ1) is 27.8. The van der Waals surface area contributed by atoms with Gasteiger partial charge in [0.05, 0.1) is 22.4 Å². The van der Waals surface area contributed by atoms with Gasteiger partial charge in [-0.15, -0.1) is 0 Å². The number of aromatic nitrogens is 3. The molecule has 10 aromatic rings. The number of hydrogen-bond acceptors (Lipinski definition) is 1. The number of nitrogens with zero attached hydrogens (tertiary/aromatic N) is 3. The minimum absolute atomic E-state index is 0.928. The van der Waals surface area contributed by atoms with E-state index in [9.17, 15) is 0 Å². The van der Waals surface area contributed by atoms with E-state index in [2.05, 4.69) is 221 Å². The van der Waals surface area contributed by atoms with Crippen molar-refractivity contribution in [3.05, 3.63) is 224 Å². The topological polar surface area (TPSA) is 22.8 Å². The molecule has 0 amide bonds. The molecule has 0 saturated carbocycles. The highest BCUT2D eigenvalue weighted by atomic mass is 15.1. The van der Waals surface area contributed by atoms with Gasteiger partial charge in [-0.2, -0.15) is 0 Å². The molecule has 0 radical (unpaired) electrons. The van der Waals surface area contributed by atoms with Crippen molar-refractivity contribution in [2.24, 2.45) is 0 Å². The van der Waals surface area contributed by atoms with Crippen LogP contribution in [0, 0.1) is 0 Å². The summed E-state index contributed by atoms with van der Waals surface area (Å²) in [5, 5.41) is 0. The number of imidazole rings is 1. The highest BCUT2D eigenvalue weighted by Gasteiger charge is 2.28. The monoisotopic (exact) mass is 715 g/mol. The van der Waals surface area contributed by atoms with Crippen LogP contribution in [0.5, 0.6) is 0 Å². The van der Waals surface area contributed by atoms with Gasteiger partial charge in [0.15, 0.2) is 0 Å². The van der Waals surface area contributed by atoms with Gasteiger partial charge in [-0.1, -0.05) is 188 Å². The van der Waals surface area contributed by atoms with Gasteiger partial charge < -0.3 is 4.57 Å². The van der Waals surface area contributed by atoms with Crippen LogP contribution in [0.4, 0.5) is 0 Å². The third-order valence-electron chi connectivity index (χ3n) is 10.6. The molecule has 0 aliphatic carbocycles. The van der Waals surface area contributed by atoms with Crippen molar-refractivity contribution in [1.82, 2.24) is 14.1 Å². The summed E-state index contributed by atoms with van der Waals surface area (Å²) in [6.07, 6.45) is 0. The summed E-state index contributed by atoms with van der Waals surface area (Å²) in [7, 11) is 0. The SMILES string of the molecule is c1ccc(-c2c(-c3ccccc3)c(-c3ccccc3)n(-c3ccc(-c4ccc(-c5nc6ccccc6n5-c5ccccc5)cc4)cc3)c2-c2ccccc2)cc1. The van der Waals surface area contributed by atoms with Crippen molar-refractivity contribution < 1.29 is 0 Å². The van der Waals surface area contributed by atoms with Crippen LogP contribution >= 0.6 is 0 Å². The summed E-state index contributed by atoms with van der Waals surface area (Å²) < 4.78 is 4.72. The van der Waals surface area contributed by atoms with Crippen molar-refractivity contribution >= 4 is 11.0 Å². The van der Waals surface area contributed by atoms with E-state index in [1.807, 2.05) is 12.1 Å². The number of rotatable bonds is 8. The maximum absolute atomic E-state index is 5.09. The van der Waals surface area contributed by atoms with E-state index in [-0.39, 0.29) is 0 Å². The van der Waals surface area contributed by atoms with Crippen LogP contribution < -0.4 is 0 Å². The molecule has 0 aliphatic rings. The van der Waals surface area contributed by atoms with Crippen LogP contribution in [0.1, 0.15) is 0 Å². The van der Waals surface area contributed by atoms with E-state index in [1.165, 1.54) is 22.3 Å². The van der Waals surface area contributed by atoms with Crippen molar-refractivity contribution in [1.29, 1.82) is 0 Å². The van der Waals surface area contributed by atoms with Crippen LogP contribution in [0.15, 0.2) is 224 Å². The van der Waals surface area contributed by atoms with Crippen molar-refractivity contribution in [2.75, 3.05) is 0 Å². The first kappa shape index (κ1) is 33.1. The van der Waals surface area contributed by atoms with E-state index >= 15 is 0 Å². The molecule has 3 heteroatoms. The minimum atomic E-state index is 0.928. The normalized spacial score (nSPS) is 11.2. The fraction of sp³-hybridized carbons (Fsp3) is 0. The Morgan fingerprint density at radius 1 is 0.268 bits per heavy atom. The molecule has 0 aliphatic heterocycles. The molecular formula is C53H37N3. The Labute approximate surface area is 327 Å². The Bertz CT molecular complexity index is 2790. The number of hydrogen-bond donors (Lipinski definition) is 0. The Hall–Kier alpha value is -7.49. The van der Waals surface area contributed by atoms with Crippen LogP contribution in [0.2, 0.25) is 0 Å². The largest absolute Gasteiger partial charge is 0.308 e. The zero-order valence-electron chi connectivity index (χ0n) is 30.7. The molecule has 8 aromatic carbocycles. The summed E-state index contributed by atoms with van der Waals surface area (Å²) in [5.74, 6) is 0.928. The first-order valence-corrected chi connectivity index (χ1v) is 19.1. The molecule has 0 atom stereocenters. The molecule has 0 fully saturated rings. The molecule has 0 N–H and O–H groups in total. The molecule has 264 valence electrons. The molecular weight excluding hydrogens is 679 g/mol. The zero-order chi connectivity index (χ0) is 37.3. The predicted molar refractivity (Wildman–Crippen MR) is 233 cm³/mol. The molecule has 56 heavy (non-hydrogen) atoms. The fourth-order valence-electron chi connectivity index (χ4n) is 8.01. The summed E-state index contributed by atoms with van der Waals surface area (Å²) in [5.41, 5.74) is 17.0. The van der Waals surface area contributed by atoms with Gasteiger partial charge in [-0.05, 0) is 69.8 Å². The summed E-state index contributed by atoms with van der Waals surface area (Å²) in [6, 6.07) is 79.9. The average molecular weight is 716 g/mol. The van der Waals surface area contributed by atoms with Crippen molar-refractivity contribution in [3.8, 4) is 78.7 Å². The van der Waals surface area contributed by atoms with Crippen molar-refractivity contribution in [3.63, 3.8) is 0 Å². The second-order valence-corrected chi connectivity index (χ2v) is 14.0. The molecule has 0 unspecified atom stereocenters. The van der Waals surface area contributed by atoms with Gasteiger partial charge in [0.2, 0.25) is 0 Å². The highest BCUT2D eigenvalue weighted by Crippen LogP contribution is 2.50. The van der Waals surface area contributed by atoms with Crippen LogP contribution in [-0.2, 0) is 0 Å². The van der Waals surface area contributed by atoms with Crippen LogP contribution in [-0.4, -0.2) is 14.1 Å². The van der Waals surface area contributed by atoms with Crippen molar-refractivity contribution in [2.45, 2.75) is 0 Å². The van der Waals surface area contributed by atoms with Gasteiger partial charge in [0, 0.05) is 28.1 Å². The molecule has 2 aromatic heterocycles. The summed E-state index contributed by atoms with van der Waals surface area (Å²) in [4.78, 5) is 5.09. The molecule has 10 rings (SSSR count). The van der Waals surface area contributed by atoms with Gasteiger partial charge in [0.25, 0.3) is 0 Å². The number of fused-ring (bicyclic) bond motifs is 1. The minimum Gasteiger partial charge on any atom is -0.308 e. The lowest BCUT2D eigenvalue weighted by Gasteiger charge is -2.16. The molecule has 2 heterocycles. The fourth-order valence-corrected chi connectivity index (χ4v) is 8.01. The van der Waals surface area contributed by atoms with E-state index in [0.29, 0.717) is 0 Å². The highest BCUT2D eigenvalue weighted by molar-refractivity contribution is 6.03. The van der Waals surface area contributed by atoms with Crippen LogP contribution in [0.25, 0.3) is 89.7 Å². The Morgan fingerprint density at radius 2 is 0.643 bits per heavy atom. The second kappa shape index (κ2) is 14.4. The maximum Gasteiger partial charge on any atom is 0.145 e. The molecule has 3 nitrogen and oxygen atoms in total. The Kier molecular flexibility index (Phi) is 8.51. The second-order valence-electron chi connectivity index (χ2n) is 14.0. The van der Waals surface area contributed by atoms with Gasteiger partial charge in [-0.3, -0.25) is 4.57 Å².